The summed E-state index contributed by atoms with van der Waals surface area (Å²) in [5.74, 6) is -0.933. The summed E-state index contributed by atoms with van der Waals surface area (Å²) in [5.41, 5.74) is 9.70. The van der Waals surface area contributed by atoms with E-state index in [2.05, 4.69) is 20.9 Å². The molecule has 0 aliphatic carbocycles. The molecule has 0 bridgehead atoms. The molecule has 4 rings (SSSR count). The van der Waals surface area contributed by atoms with Crippen molar-refractivity contribution in [2.45, 2.75) is 130 Å². The van der Waals surface area contributed by atoms with E-state index in [0.29, 0.717) is 31.4 Å². The van der Waals surface area contributed by atoms with E-state index in [1.165, 1.54) is 4.90 Å². The summed E-state index contributed by atoms with van der Waals surface area (Å²) >= 11 is 1.57. The number of carbonyl (C=O) groups is 5. The zero-order valence-electron chi connectivity index (χ0n) is 34.8. The summed E-state index contributed by atoms with van der Waals surface area (Å²) in [6.07, 6.45) is 1.13. The Morgan fingerprint density at radius 1 is 0.983 bits per heavy atom. The summed E-state index contributed by atoms with van der Waals surface area (Å²) in [6, 6.07) is 13.1. The lowest BCUT2D eigenvalue weighted by atomic mass is 9.85. The smallest absolute Gasteiger partial charge is 0.407 e. The Labute approximate surface area is 345 Å². The van der Waals surface area contributed by atoms with Crippen LogP contribution in [0.4, 0.5) is 4.79 Å². The second-order valence-corrected chi connectivity index (χ2v) is 17.8. The number of aromatic nitrogens is 1. The molecule has 0 spiro atoms. The maximum Gasteiger partial charge on any atom is 0.407 e. The number of nitrogens with zero attached hydrogens (tertiary/aromatic N) is 2. The van der Waals surface area contributed by atoms with E-state index in [1.807, 2.05) is 75.7 Å². The van der Waals surface area contributed by atoms with Gasteiger partial charge in [-0.3, -0.25) is 19.2 Å². The van der Waals surface area contributed by atoms with Crippen LogP contribution in [-0.2, 0) is 36.9 Å². The lowest BCUT2D eigenvalue weighted by Gasteiger charge is -2.35. The van der Waals surface area contributed by atoms with Crippen molar-refractivity contribution in [3.8, 4) is 16.2 Å². The average Bonchev–Trinajstić information content (AvgIpc) is 3.76. The molecule has 15 heteroatoms. The van der Waals surface area contributed by atoms with Crippen LogP contribution in [-0.4, -0.2) is 87.7 Å². The van der Waals surface area contributed by atoms with Gasteiger partial charge in [-0.2, -0.15) is 0 Å². The third-order valence-corrected chi connectivity index (χ3v) is 10.6. The predicted octanol–water partition coefficient (Wildman–Crippen LogP) is 5.18. The number of nitrogens with two attached hydrogens (primary N) is 1. The van der Waals surface area contributed by atoms with Crippen molar-refractivity contribution in [1.82, 2.24) is 25.8 Å². The molecular formula is C43H60N6O8S. The molecule has 3 aromatic rings. The van der Waals surface area contributed by atoms with Crippen LogP contribution in [0.1, 0.15) is 96.9 Å². The molecule has 1 saturated heterocycles. The van der Waals surface area contributed by atoms with Gasteiger partial charge in [0.15, 0.2) is 0 Å². The molecule has 2 heterocycles. The first kappa shape index (κ1) is 45.7. The number of hydrogen-bond donors (Lipinski definition) is 5. The number of aliphatic hydroxyl groups is 1. The molecule has 58 heavy (non-hydrogen) atoms. The van der Waals surface area contributed by atoms with Gasteiger partial charge in [-0.1, -0.05) is 57.2 Å². The number of benzene rings is 2. The fraction of sp³-hybridized carbons (Fsp3) is 0.535. The number of aryl methyl sites for hydroxylation is 2. The first-order chi connectivity index (χ1) is 27.3. The standard InChI is InChI=1S/C43H60N6O8S/c1-27-37(58-26-46-27)30-17-15-29(16-18-30)23-45-39(53)34-22-32(50)24-49(34)40(54)38(42(2,3)4)48-36(52)14-9-8-11-28-12-10-13-33(21-28)56-25-31(19-20-35(44)51)47-41(55)57-43(5,6)7/h10,12-13,15-18,21,26,31-32,34,38,50H,8-9,11,14,19-20,22-25H2,1-7H3,(H2,44,51)(H,45,53)(H,47,55)(H,48,52)/t31-,32+,34-,38+/m0/s1. The van der Waals surface area contributed by atoms with Gasteiger partial charge in [0.05, 0.1) is 28.2 Å². The highest BCUT2D eigenvalue weighted by molar-refractivity contribution is 7.13. The molecule has 0 unspecified atom stereocenters. The molecule has 1 aliphatic heterocycles. The van der Waals surface area contributed by atoms with Gasteiger partial charge in [-0.25, -0.2) is 9.78 Å². The van der Waals surface area contributed by atoms with E-state index < -0.39 is 53.2 Å². The van der Waals surface area contributed by atoms with Gasteiger partial charge in [-0.15, -0.1) is 11.3 Å². The number of thiazole rings is 1. The summed E-state index contributed by atoms with van der Waals surface area (Å²) in [6.45, 7) is 13.2. The molecule has 316 valence electrons. The topological polar surface area (TPSA) is 202 Å². The Hall–Kier alpha value is -5.02. The van der Waals surface area contributed by atoms with Crippen molar-refractivity contribution < 1.29 is 38.6 Å². The van der Waals surface area contributed by atoms with Crippen LogP contribution in [0.3, 0.4) is 0 Å². The Morgan fingerprint density at radius 2 is 1.71 bits per heavy atom. The van der Waals surface area contributed by atoms with Crippen molar-refractivity contribution in [3.63, 3.8) is 0 Å². The summed E-state index contributed by atoms with van der Waals surface area (Å²) in [7, 11) is 0. The largest absolute Gasteiger partial charge is 0.491 e. The second kappa shape index (κ2) is 20.6. The van der Waals surface area contributed by atoms with Crippen molar-refractivity contribution in [2.75, 3.05) is 13.2 Å². The number of β-amino-alcohol motifs (C(OH)–C–C–N with tert-alkyl or cyclic N) is 1. The minimum Gasteiger partial charge on any atom is -0.491 e. The number of ether oxygens (including phenoxy) is 2. The molecule has 6 N–H and O–H groups in total. The normalized spacial score (nSPS) is 16.6. The van der Waals surface area contributed by atoms with Crippen molar-refractivity contribution in [3.05, 3.63) is 70.9 Å². The van der Waals surface area contributed by atoms with Crippen LogP contribution < -0.4 is 26.4 Å². The minimum atomic E-state index is -0.909. The highest BCUT2D eigenvalue weighted by atomic mass is 32.1. The predicted molar refractivity (Wildman–Crippen MR) is 223 cm³/mol. The maximum atomic E-state index is 14.0. The van der Waals surface area contributed by atoms with Crippen molar-refractivity contribution in [2.24, 2.45) is 11.1 Å². The zero-order valence-corrected chi connectivity index (χ0v) is 35.6. The fourth-order valence-corrected chi connectivity index (χ4v) is 7.42. The molecule has 1 aromatic heterocycles. The summed E-state index contributed by atoms with van der Waals surface area (Å²) < 4.78 is 11.3. The molecule has 0 radical (unpaired) electrons. The number of likely N-dealkylation sites (tertiary alicyclic amines) is 1. The maximum absolute atomic E-state index is 14.0. The van der Waals surface area contributed by atoms with Gasteiger partial charge in [0.2, 0.25) is 23.6 Å². The van der Waals surface area contributed by atoms with E-state index in [1.54, 1.807) is 38.2 Å². The van der Waals surface area contributed by atoms with E-state index in [4.69, 9.17) is 15.2 Å². The van der Waals surface area contributed by atoms with Gasteiger partial charge >= 0.3 is 6.09 Å². The Morgan fingerprint density at radius 3 is 2.34 bits per heavy atom. The number of aliphatic hydroxyl groups excluding tert-OH is 1. The van der Waals surface area contributed by atoms with Gasteiger partial charge in [0, 0.05) is 32.4 Å². The Kier molecular flexibility index (Phi) is 16.2. The van der Waals surface area contributed by atoms with Crippen molar-refractivity contribution >= 4 is 41.1 Å². The van der Waals surface area contributed by atoms with Crippen molar-refractivity contribution in [1.29, 1.82) is 0 Å². The van der Waals surface area contributed by atoms with Gasteiger partial charge in [0.25, 0.3) is 0 Å². The Bertz CT molecular complexity index is 1870. The number of rotatable bonds is 18. The van der Waals surface area contributed by atoms with Crippen LogP contribution in [0.2, 0.25) is 0 Å². The van der Waals surface area contributed by atoms with Crippen LogP contribution in [0.25, 0.3) is 10.4 Å². The molecule has 1 fully saturated rings. The number of unbranched alkanes of at least 4 members (excludes halogenated alkanes) is 1. The Balaban J connectivity index is 1.26. The molecule has 5 amide bonds. The van der Waals surface area contributed by atoms with Crippen LogP contribution in [0.5, 0.6) is 5.75 Å². The van der Waals surface area contributed by atoms with Crippen LogP contribution in [0, 0.1) is 12.3 Å². The monoisotopic (exact) mass is 820 g/mol. The molecule has 14 nitrogen and oxygen atoms in total. The molecule has 4 atom stereocenters. The third-order valence-electron chi connectivity index (χ3n) is 9.64. The number of alkyl carbamates (subject to hydrolysis) is 1. The first-order valence-corrected chi connectivity index (χ1v) is 20.7. The SMILES string of the molecule is Cc1ncsc1-c1ccc(CNC(=O)[C@@H]2C[C@@H](O)CN2C(=O)[C@@H](NC(=O)CCCCc2cccc(OC[C@H](CCC(N)=O)NC(=O)OC(C)(C)C)c2)C(C)(C)C)cc1. The van der Waals surface area contributed by atoms with Gasteiger partial charge in [0.1, 0.15) is 30.0 Å². The fourth-order valence-electron chi connectivity index (χ4n) is 6.60. The highest BCUT2D eigenvalue weighted by Gasteiger charge is 2.44. The lowest BCUT2D eigenvalue weighted by molar-refractivity contribution is -0.144. The first-order valence-electron chi connectivity index (χ1n) is 19.8. The van der Waals surface area contributed by atoms with E-state index in [0.717, 1.165) is 27.3 Å². The van der Waals surface area contributed by atoms with Crippen LogP contribution in [0.15, 0.2) is 54.0 Å². The van der Waals surface area contributed by atoms with Crippen LogP contribution >= 0.6 is 11.3 Å². The zero-order chi connectivity index (χ0) is 42.6. The number of primary amides is 1. The van der Waals surface area contributed by atoms with Gasteiger partial charge in [-0.05, 0) is 87.6 Å². The van der Waals surface area contributed by atoms with E-state index in [-0.39, 0.29) is 50.8 Å². The average molecular weight is 821 g/mol. The molecule has 0 saturated carbocycles. The lowest BCUT2D eigenvalue weighted by Crippen LogP contribution is -2.57. The number of nitrogens with one attached hydrogen (secondary N) is 3. The van der Waals surface area contributed by atoms with E-state index >= 15 is 0 Å². The number of carbonyl (C=O) groups excluding carboxylic acids is 5. The third kappa shape index (κ3) is 14.4. The molecule has 2 aromatic carbocycles. The van der Waals surface area contributed by atoms with E-state index in [9.17, 15) is 29.1 Å². The number of hydrogen-bond acceptors (Lipinski definition) is 10. The summed E-state index contributed by atoms with van der Waals surface area (Å²) in [5, 5.41) is 19.2. The van der Waals surface area contributed by atoms with Gasteiger partial charge < -0.3 is 41.2 Å². The molecular weight excluding hydrogens is 761 g/mol. The quantitative estimate of drug-likeness (QED) is 0.107. The number of amides is 5. The summed E-state index contributed by atoms with van der Waals surface area (Å²) in [4.78, 5) is 71.2. The molecule has 1 aliphatic rings. The minimum absolute atomic E-state index is 0.000665. The second-order valence-electron chi connectivity index (χ2n) is 17.0. The highest BCUT2D eigenvalue weighted by Crippen LogP contribution is 2.28.